The first-order valence-corrected chi connectivity index (χ1v) is 7.57. The number of aryl methyl sites for hydroxylation is 2. The van der Waals surface area contributed by atoms with Crippen molar-refractivity contribution in [3.05, 3.63) is 83.2 Å². The van der Waals surface area contributed by atoms with Crippen LogP contribution in [0.1, 0.15) is 27.0 Å². The van der Waals surface area contributed by atoms with Crippen LogP contribution in [0.15, 0.2) is 60.9 Å². The van der Waals surface area contributed by atoms with Crippen molar-refractivity contribution in [3.63, 3.8) is 0 Å². The molecule has 1 heterocycles. The molecule has 0 saturated carbocycles. The van der Waals surface area contributed by atoms with Crippen molar-refractivity contribution >= 4 is 11.6 Å². The van der Waals surface area contributed by atoms with Crippen molar-refractivity contribution in [2.24, 2.45) is 0 Å². The second-order valence-electron chi connectivity index (χ2n) is 5.68. The average molecular weight is 305 g/mol. The van der Waals surface area contributed by atoms with Crippen LogP contribution in [0.4, 0.5) is 5.69 Å². The highest BCUT2D eigenvalue weighted by molar-refractivity contribution is 6.05. The predicted octanol–water partition coefficient (Wildman–Crippen LogP) is 3.80. The van der Waals surface area contributed by atoms with Gasteiger partial charge in [0.15, 0.2) is 0 Å². The van der Waals surface area contributed by atoms with E-state index in [1.54, 1.807) is 6.20 Å². The molecule has 0 radical (unpaired) electrons. The summed E-state index contributed by atoms with van der Waals surface area (Å²) in [6, 6.07) is 15.8. The van der Waals surface area contributed by atoms with Crippen molar-refractivity contribution in [2.75, 3.05) is 5.32 Å². The fraction of sp³-hybridized carbons (Fsp3) is 0.158. The van der Waals surface area contributed by atoms with Crippen molar-refractivity contribution in [3.8, 4) is 0 Å². The third kappa shape index (κ3) is 3.66. The smallest absolute Gasteiger partial charge is 0.256 e. The maximum absolute atomic E-state index is 12.3. The number of carbonyl (C=O) groups is 1. The molecule has 2 aromatic carbocycles. The molecule has 3 aromatic rings. The molecule has 0 aliphatic carbocycles. The number of aromatic nitrogens is 2. The number of hydrogen-bond donors (Lipinski definition) is 1. The van der Waals surface area contributed by atoms with Gasteiger partial charge in [-0.15, -0.1) is 0 Å². The molecule has 0 aliphatic heterocycles. The summed E-state index contributed by atoms with van der Waals surface area (Å²) in [7, 11) is 0. The van der Waals surface area contributed by atoms with Crippen LogP contribution in [0.2, 0.25) is 0 Å². The second-order valence-corrected chi connectivity index (χ2v) is 5.68. The molecule has 1 amide bonds. The quantitative estimate of drug-likeness (QED) is 0.797. The monoisotopic (exact) mass is 305 g/mol. The zero-order chi connectivity index (χ0) is 16.2. The van der Waals surface area contributed by atoms with Crippen LogP contribution in [0.25, 0.3) is 0 Å². The largest absolute Gasteiger partial charge is 0.319 e. The Labute approximate surface area is 135 Å². The van der Waals surface area contributed by atoms with Crippen LogP contribution in [-0.2, 0) is 6.54 Å². The highest BCUT2D eigenvalue weighted by Crippen LogP contribution is 2.13. The average Bonchev–Trinajstić information content (AvgIpc) is 2.94. The molecule has 1 aromatic heterocycles. The van der Waals surface area contributed by atoms with Crippen molar-refractivity contribution < 1.29 is 4.79 Å². The van der Waals surface area contributed by atoms with Crippen LogP contribution >= 0.6 is 0 Å². The predicted molar refractivity (Wildman–Crippen MR) is 91.6 cm³/mol. The third-order valence-electron chi connectivity index (χ3n) is 3.71. The SMILES string of the molecule is Cc1cccc(Cn2cc(NC(=O)c3ccccc3C)cn2)c1. The van der Waals surface area contributed by atoms with Crippen LogP contribution in [0, 0.1) is 13.8 Å². The van der Waals surface area contributed by atoms with Crippen LogP contribution in [0.5, 0.6) is 0 Å². The van der Waals surface area contributed by atoms with E-state index in [0.717, 1.165) is 5.56 Å². The second kappa shape index (κ2) is 6.48. The fourth-order valence-corrected chi connectivity index (χ4v) is 2.54. The maximum atomic E-state index is 12.3. The van der Waals surface area contributed by atoms with Gasteiger partial charge in [-0.05, 0) is 31.0 Å². The lowest BCUT2D eigenvalue weighted by Gasteiger charge is -2.05. The summed E-state index contributed by atoms with van der Waals surface area (Å²) in [5.74, 6) is -0.113. The Morgan fingerprint density at radius 2 is 1.96 bits per heavy atom. The van der Waals surface area contributed by atoms with E-state index in [9.17, 15) is 4.79 Å². The molecule has 4 heteroatoms. The molecule has 0 aliphatic rings. The summed E-state index contributed by atoms with van der Waals surface area (Å²) < 4.78 is 1.82. The minimum atomic E-state index is -0.113. The molecule has 3 rings (SSSR count). The van der Waals surface area contributed by atoms with Crippen LogP contribution in [-0.4, -0.2) is 15.7 Å². The molecule has 4 nitrogen and oxygen atoms in total. The summed E-state index contributed by atoms with van der Waals surface area (Å²) in [5, 5.41) is 7.21. The lowest BCUT2D eigenvalue weighted by atomic mass is 10.1. The topological polar surface area (TPSA) is 46.9 Å². The molecule has 0 atom stereocenters. The summed E-state index contributed by atoms with van der Waals surface area (Å²) in [6.45, 7) is 4.68. The first-order chi connectivity index (χ1) is 11.1. The van der Waals surface area contributed by atoms with Crippen molar-refractivity contribution in [1.82, 2.24) is 9.78 Å². The molecule has 0 bridgehead atoms. The van der Waals surface area contributed by atoms with Gasteiger partial charge in [-0.1, -0.05) is 48.0 Å². The first kappa shape index (κ1) is 15.0. The number of hydrogen-bond acceptors (Lipinski definition) is 2. The Hall–Kier alpha value is -2.88. The first-order valence-electron chi connectivity index (χ1n) is 7.57. The lowest BCUT2D eigenvalue weighted by molar-refractivity contribution is 0.102. The minimum absolute atomic E-state index is 0.113. The van der Waals surface area contributed by atoms with E-state index in [1.165, 1.54) is 11.1 Å². The molecular formula is C19H19N3O. The van der Waals surface area contributed by atoms with Gasteiger partial charge in [-0.2, -0.15) is 5.10 Å². The Morgan fingerprint density at radius 3 is 2.74 bits per heavy atom. The summed E-state index contributed by atoms with van der Waals surface area (Å²) >= 11 is 0. The van der Waals surface area contributed by atoms with E-state index < -0.39 is 0 Å². The van der Waals surface area contributed by atoms with Gasteiger partial charge in [0.2, 0.25) is 0 Å². The fourth-order valence-electron chi connectivity index (χ4n) is 2.54. The van der Waals surface area contributed by atoms with E-state index in [1.807, 2.05) is 48.1 Å². The zero-order valence-corrected chi connectivity index (χ0v) is 13.3. The third-order valence-corrected chi connectivity index (χ3v) is 3.71. The molecule has 0 unspecified atom stereocenters. The van der Waals surface area contributed by atoms with Gasteiger partial charge >= 0.3 is 0 Å². The molecule has 0 fully saturated rings. The molecule has 0 spiro atoms. The van der Waals surface area contributed by atoms with Gasteiger partial charge in [-0.3, -0.25) is 9.48 Å². The Balaban J connectivity index is 1.70. The summed E-state index contributed by atoms with van der Waals surface area (Å²) in [4.78, 5) is 12.3. The molecular weight excluding hydrogens is 286 g/mol. The van der Waals surface area contributed by atoms with E-state index in [2.05, 4.69) is 35.5 Å². The number of benzene rings is 2. The molecule has 23 heavy (non-hydrogen) atoms. The molecule has 116 valence electrons. The number of nitrogens with zero attached hydrogens (tertiary/aromatic N) is 2. The Morgan fingerprint density at radius 1 is 1.13 bits per heavy atom. The highest BCUT2D eigenvalue weighted by Gasteiger charge is 2.09. The highest BCUT2D eigenvalue weighted by atomic mass is 16.1. The van der Waals surface area contributed by atoms with Crippen molar-refractivity contribution in [2.45, 2.75) is 20.4 Å². The zero-order valence-electron chi connectivity index (χ0n) is 13.3. The van der Waals surface area contributed by atoms with E-state index in [-0.39, 0.29) is 5.91 Å². The number of anilines is 1. The van der Waals surface area contributed by atoms with E-state index in [4.69, 9.17) is 0 Å². The normalized spacial score (nSPS) is 10.5. The van der Waals surface area contributed by atoms with Gasteiger partial charge in [0.25, 0.3) is 5.91 Å². The van der Waals surface area contributed by atoms with E-state index in [0.29, 0.717) is 17.8 Å². The number of rotatable bonds is 4. The lowest BCUT2D eigenvalue weighted by Crippen LogP contribution is -2.12. The van der Waals surface area contributed by atoms with Gasteiger partial charge in [-0.25, -0.2) is 0 Å². The minimum Gasteiger partial charge on any atom is -0.319 e. The van der Waals surface area contributed by atoms with Gasteiger partial charge in [0.05, 0.1) is 18.4 Å². The summed E-state index contributed by atoms with van der Waals surface area (Å²) in [6.07, 6.45) is 3.52. The van der Waals surface area contributed by atoms with Gasteiger partial charge < -0.3 is 5.32 Å². The maximum Gasteiger partial charge on any atom is 0.256 e. The summed E-state index contributed by atoms with van der Waals surface area (Å²) in [5.41, 5.74) is 4.75. The number of carbonyl (C=O) groups excluding carboxylic acids is 1. The Kier molecular flexibility index (Phi) is 4.24. The van der Waals surface area contributed by atoms with Crippen LogP contribution in [0.3, 0.4) is 0 Å². The molecule has 1 N–H and O–H groups in total. The van der Waals surface area contributed by atoms with Gasteiger partial charge in [0, 0.05) is 11.8 Å². The van der Waals surface area contributed by atoms with Crippen molar-refractivity contribution in [1.29, 1.82) is 0 Å². The van der Waals surface area contributed by atoms with Gasteiger partial charge in [0.1, 0.15) is 0 Å². The standard InChI is InChI=1S/C19H19N3O/c1-14-6-5-8-16(10-14)12-22-13-17(11-20-22)21-19(23)18-9-4-3-7-15(18)2/h3-11,13H,12H2,1-2H3,(H,21,23). The van der Waals surface area contributed by atoms with E-state index >= 15 is 0 Å². The number of nitrogens with one attached hydrogen (secondary N) is 1. The Bertz CT molecular complexity index is 836. The number of amides is 1. The van der Waals surface area contributed by atoms with Crippen LogP contribution < -0.4 is 5.32 Å². The molecule has 0 saturated heterocycles.